The average molecular weight is 760 g/mol. The highest BCUT2D eigenvalue weighted by atomic mass is 32.2. The number of hydrogen-bond acceptors (Lipinski definition) is 6. The fraction of sp³-hybridized carbons (Fsp3) is 0.413. The molecule has 4 aromatic rings. The molecule has 54 heavy (non-hydrogen) atoms. The number of hydrogen-bond donors (Lipinski definition) is 2. The molecule has 6 nitrogen and oxygen atoms in total. The van der Waals surface area contributed by atoms with E-state index in [9.17, 15) is 18.6 Å². The standard InChI is InChI=1S/C46H49NO5S2/c1-42-22-19-34(48)28-44(42)25-26-46(37(29-44)41(49)36-17-10-9-16-35(36)33-14-7-4-8-15-33)38(42)20-23-43(2)39(46)21-24-45(43,50)31-47(30-32-12-5-3-6-13-32)54(51,52)40-18-11-27-53-40/h3-18,25-27,29,34,38-39,48,50H,19-24,28,30-31H2,1-2H3. The lowest BCUT2D eigenvalue weighted by Gasteiger charge is -2.71. The summed E-state index contributed by atoms with van der Waals surface area (Å²) >= 11 is 1.20. The van der Waals surface area contributed by atoms with Crippen LogP contribution in [0, 0.1) is 33.5 Å². The number of aliphatic hydroxyl groups excluding tert-OH is 1. The molecular formula is C46H49NO5S2. The van der Waals surface area contributed by atoms with Gasteiger partial charge in [0.05, 0.1) is 11.7 Å². The van der Waals surface area contributed by atoms with E-state index in [4.69, 9.17) is 0 Å². The SMILES string of the molecule is CC12CCC(O)CC13C=CC1(C(C(=O)c4ccccc4-c4ccccc4)=C3)C2CCC2(C)C1CCC2(O)CN(Cc1ccccc1)S(=O)(=O)c1cccs1. The summed E-state index contributed by atoms with van der Waals surface area (Å²) in [6, 6.07) is 31.0. The van der Waals surface area contributed by atoms with Gasteiger partial charge in [0.15, 0.2) is 5.78 Å². The van der Waals surface area contributed by atoms with E-state index in [1.165, 1.54) is 15.6 Å². The largest absolute Gasteiger partial charge is 0.393 e. The van der Waals surface area contributed by atoms with Crippen molar-refractivity contribution in [1.82, 2.24) is 4.31 Å². The molecule has 280 valence electrons. The summed E-state index contributed by atoms with van der Waals surface area (Å²) in [7, 11) is -3.92. The molecule has 10 rings (SSSR count). The molecule has 8 atom stereocenters. The van der Waals surface area contributed by atoms with Crippen molar-refractivity contribution in [2.45, 2.75) is 81.3 Å². The van der Waals surface area contributed by atoms with Crippen LogP contribution < -0.4 is 0 Å². The monoisotopic (exact) mass is 759 g/mol. The van der Waals surface area contributed by atoms with Crippen LogP contribution in [0.4, 0.5) is 0 Å². The Balaban J connectivity index is 1.17. The van der Waals surface area contributed by atoms with Crippen LogP contribution in [-0.2, 0) is 16.6 Å². The van der Waals surface area contributed by atoms with Crippen molar-refractivity contribution in [3.05, 3.63) is 137 Å². The van der Waals surface area contributed by atoms with E-state index in [0.717, 1.165) is 47.9 Å². The molecule has 0 amide bonds. The van der Waals surface area contributed by atoms with Crippen LogP contribution in [0.25, 0.3) is 11.1 Å². The van der Waals surface area contributed by atoms with Crippen molar-refractivity contribution in [3.63, 3.8) is 0 Å². The number of Topliss-reactive ketones (excluding diaryl/α,β-unsaturated/α-hetero) is 1. The normalized spacial score (nSPS) is 35.3. The van der Waals surface area contributed by atoms with Crippen molar-refractivity contribution in [1.29, 1.82) is 0 Å². The van der Waals surface area contributed by atoms with Crippen LogP contribution in [0.2, 0.25) is 0 Å². The smallest absolute Gasteiger partial charge is 0.252 e. The Labute approximate surface area is 323 Å². The van der Waals surface area contributed by atoms with E-state index in [1.807, 2.05) is 84.9 Å². The Bertz CT molecular complexity index is 2250. The number of thiophene rings is 1. The van der Waals surface area contributed by atoms with Gasteiger partial charge in [0.2, 0.25) is 0 Å². The molecule has 8 heteroatoms. The molecule has 6 aliphatic carbocycles. The Morgan fingerprint density at radius 3 is 2.22 bits per heavy atom. The minimum absolute atomic E-state index is 0.0101. The van der Waals surface area contributed by atoms with Gasteiger partial charge in [-0.15, -0.1) is 11.3 Å². The molecule has 2 bridgehead atoms. The van der Waals surface area contributed by atoms with Gasteiger partial charge in [0, 0.05) is 40.5 Å². The first-order chi connectivity index (χ1) is 25.9. The number of ketones is 1. The first kappa shape index (κ1) is 36.0. The zero-order valence-electron chi connectivity index (χ0n) is 31.0. The molecule has 0 aliphatic heterocycles. The Hall–Kier alpha value is -3.66. The fourth-order valence-electron chi connectivity index (χ4n) is 12.1. The lowest BCUT2D eigenvalue weighted by atomic mass is 9.32. The third-order valence-electron chi connectivity index (χ3n) is 14.9. The summed E-state index contributed by atoms with van der Waals surface area (Å²) in [4.78, 5) is 15.5. The first-order valence-electron chi connectivity index (χ1n) is 19.5. The summed E-state index contributed by atoms with van der Waals surface area (Å²) in [6.07, 6.45) is 11.3. The highest BCUT2D eigenvalue weighted by Gasteiger charge is 2.74. The predicted octanol–water partition coefficient (Wildman–Crippen LogP) is 9.08. The number of sulfonamides is 1. The van der Waals surface area contributed by atoms with E-state index in [2.05, 4.69) is 32.1 Å². The molecule has 0 radical (unpaired) electrons. The first-order valence-corrected chi connectivity index (χ1v) is 21.8. The number of allylic oxidation sites excluding steroid dienone is 4. The van der Waals surface area contributed by atoms with Crippen molar-refractivity contribution in [2.24, 2.45) is 33.5 Å². The number of carbonyl (C=O) groups excluding carboxylic acids is 1. The van der Waals surface area contributed by atoms with Crippen LogP contribution in [0.15, 0.2) is 130 Å². The highest BCUT2D eigenvalue weighted by Crippen LogP contribution is 2.78. The van der Waals surface area contributed by atoms with Gasteiger partial charge in [-0.25, -0.2) is 8.42 Å². The number of nitrogens with zero attached hydrogens (tertiary/aromatic N) is 1. The maximum Gasteiger partial charge on any atom is 0.252 e. The van der Waals surface area contributed by atoms with Gasteiger partial charge in [-0.3, -0.25) is 4.79 Å². The van der Waals surface area contributed by atoms with Crippen molar-refractivity contribution < 1.29 is 23.4 Å². The summed E-state index contributed by atoms with van der Waals surface area (Å²) < 4.78 is 30.5. The molecule has 6 aliphatic rings. The van der Waals surface area contributed by atoms with Gasteiger partial charge in [-0.1, -0.05) is 123 Å². The number of benzene rings is 3. The van der Waals surface area contributed by atoms with E-state index in [-0.39, 0.29) is 40.3 Å². The van der Waals surface area contributed by atoms with Gasteiger partial charge in [-0.05, 0) is 90.3 Å². The van der Waals surface area contributed by atoms with Crippen LogP contribution in [-0.4, -0.2) is 47.0 Å². The number of aliphatic hydroxyl groups is 2. The Morgan fingerprint density at radius 2 is 1.48 bits per heavy atom. The van der Waals surface area contributed by atoms with Crippen molar-refractivity contribution in [3.8, 4) is 11.1 Å². The molecule has 3 aromatic carbocycles. The minimum atomic E-state index is -3.92. The minimum Gasteiger partial charge on any atom is -0.393 e. The zero-order chi connectivity index (χ0) is 37.6. The summed E-state index contributed by atoms with van der Waals surface area (Å²) in [5, 5.41) is 26.1. The Kier molecular flexibility index (Phi) is 8.46. The quantitative estimate of drug-likeness (QED) is 0.131. The molecule has 2 spiro atoms. The highest BCUT2D eigenvalue weighted by molar-refractivity contribution is 7.91. The maximum atomic E-state index is 15.5. The summed E-state index contributed by atoms with van der Waals surface area (Å²) in [5.41, 5.74) is 0.885. The molecule has 3 saturated carbocycles. The number of rotatable bonds is 9. The van der Waals surface area contributed by atoms with E-state index in [1.54, 1.807) is 17.5 Å². The Morgan fingerprint density at radius 1 is 0.815 bits per heavy atom. The molecule has 1 aromatic heterocycles. The lowest BCUT2D eigenvalue weighted by Crippen LogP contribution is -2.67. The molecule has 2 N–H and O–H groups in total. The third kappa shape index (κ3) is 5.06. The summed E-state index contributed by atoms with van der Waals surface area (Å²) in [6.45, 7) is 4.68. The number of carbonyl (C=O) groups is 1. The number of fused-ring (bicyclic) bond motifs is 1. The molecular weight excluding hydrogens is 711 g/mol. The van der Waals surface area contributed by atoms with Gasteiger partial charge >= 0.3 is 0 Å². The van der Waals surface area contributed by atoms with Gasteiger partial charge < -0.3 is 10.2 Å². The zero-order valence-corrected chi connectivity index (χ0v) is 32.7. The second kappa shape index (κ2) is 12.7. The lowest BCUT2D eigenvalue weighted by molar-refractivity contribution is -0.173. The van der Waals surface area contributed by atoms with Crippen LogP contribution in [0.5, 0.6) is 0 Å². The van der Waals surface area contributed by atoms with Gasteiger partial charge in [-0.2, -0.15) is 4.31 Å². The van der Waals surface area contributed by atoms with E-state index in [0.29, 0.717) is 24.8 Å². The van der Waals surface area contributed by atoms with Crippen LogP contribution in [0.1, 0.15) is 74.7 Å². The second-order valence-corrected chi connectivity index (χ2v) is 20.4. The van der Waals surface area contributed by atoms with Gasteiger partial charge in [0.1, 0.15) is 4.21 Å². The fourth-order valence-corrected chi connectivity index (χ4v) is 14.8. The molecule has 8 unspecified atom stereocenters. The molecule has 3 fully saturated rings. The molecule has 0 saturated heterocycles. The summed E-state index contributed by atoms with van der Waals surface area (Å²) in [5.74, 6) is 0.0380. The average Bonchev–Trinajstić information content (AvgIpc) is 3.82. The van der Waals surface area contributed by atoms with Crippen molar-refractivity contribution in [2.75, 3.05) is 6.54 Å². The van der Waals surface area contributed by atoms with Crippen molar-refractivity contribution >= 4 is 27.1 Å². The topological polar surface area (TPSA) is 94.9 Å². The second-order valence-electron chi connectivity index (χ2n) is 17.2. The maximum absolute atomic E-state index is 15.5. The van der Waals surface area contributed by atoms with E-state index >= 15 is 4.79 Å². The van der Waals surface area contributed by atoms with E-state index < -0.39 is 38.0 Å². The third-order valence-corrected chi connectivity index (χ3v) is 18.1. The molecule has 1 heterocycles. The van der Waals surface area contributed by atoms with Gasteiger partial charge in [0.25, 0.3) is 10.0 Å². The predicted molar refractivity (Wildman–Crippen MR) is 213 cm³/mol. The van der Waals surface area contributed by atoms with Crippen LogP contribution >= 0.6 is 11.3 Å². The van der Waals surface area contributed by atoms with Crippen LogP contribution in [0.3, 0.4) is 0 Å².